The fourth-order valence-corrected chi connectivity index (χ4v) is 1.68. The van der Waals surface area contributed by atoms with Gasteiger partial charge in [0.25, 0.3) is 0 Å². The molecule has 0 fully saturated rings. The first-order valence-corrected chi connectivity index (χ1v) is 6.32. The molecule has 96 valence electrons. The Labute approximate surface area is 105 Å². The van der Waals surface area contributed by atoms with Crippen LogP contribution in [0, 0.1) is 0 Å². The Bertz CT molecular complexity index is 285. The molecule has 1 rings (SSSR count). The second-order valence-corrected chi connectivity index (χ2v) is 4.66. The molecule has 3 nitrogen and oxygen atoms in total. The summed E-state index contributed by atoms with van der Waals surface area (Å²) in [5.41, 5.74) is 1.29. The number of nitrogens with one attached hydrogen (secondary N) is 1. The molecule has 0 spiro atoms. The largest absolute Gasteiger partial charge is 0.375 e. The normalized spacial score (nSPS) is 10.8. The molecule has 1 N–H and O–H groups in total. The van der Waals surface area contributed by atoms with Gasteiger partial charge in [-0.1, -0.05) is 18.2 Å². The van der Waals surface area contributed by atoms with Crippen molar-refractivity contribution in [1.29, 1.82) is 0 Å². The third kappa shape index (κ3) is 6.29. The van der Waals surface area contributed by atoms with Crippen LogP contribution < -0.4 is 10.2 Å². The summed E-state index contributed by atoms with van der Waals surface area (Å²) in [4.78, 5) is 4.50. The highest BCUT2D eigenvalue weighted by Gasteiger charge is 1.98. The van der Waals surface area contributed by atoms with Gasteiger partial charge in [0.1, 0.15) is 0 Å². The van der Waals surface area contributed by atoms with Crippen molar-refractivity contribution in [3.8, 4) is 0 Å². The molecule has 0 heterocycles. The molecule has 1 aromatic rings. The molecule has 0 aliphatic heterocycles. The van der Waals surface area contributed by atoms with Crippen LogP contribution in [0.25, 0.3) is 0 Å². The van der Waals surface area contributed by atoms with Crippen molar-refractivity contribution in [2.45, 2.75) is 6.42 Å². The van der Waals surface area contributed by atoms with E-state index < -0.39 is 0 Å². The number of para-hydroxylation sites is 1. The van der Waals surface area contributed by atoms with Gasteiger partial charge in [-0.25, -0.2) is 0 Å². The third-order valence-corrected chi connectivity index (χ3v) is 2.78. The van der Waals surface area contributed by atoms with Gasteiger partial charge in [0, 0.05) is 32.4 Å². The molecule has 0 aliphatic rings. The first-order chi connectivity index (χ1) is 8.20. The molecule has 3 heteroatoms. The highest BCUT2D eigenvalue weighted by molar-refractivity contribution is 5.44. The molecule has 0 aromatic heterocycles. The van der Waals surface area contributed by atoms with E-state index in [-0.39, 0.29) is 0 Å². The highest BCUT2D eigenvalue weighted by Crippen LogP contribution is 2.10. The summed E-state index contributed by atoms with van der Waals surface area (Å²) in [6.45, 7) is 4.36. The number of benzene rings is 1. The molecule has 0 saturated heterocycles. The van der Waals surface area contributed by atoms with E-state index in [9.17, 15) is 0 Å². The van der Waals surface area contributed by atoms with Gasteiger partial charge in [0.15, 0.2) is 0 Å². The lowest BCUT2D eigenvalue weighted by atomic mass is 10.3. The standard InChI is InChI=1S/C14H25N3/c1-16(2)13-11-15-10-7-12-17(3)14-8-5-4-6-9-14/h4-6,8-9,15H,7,10-13H2,1-3H3. The van der Waals surface area contributed by atoms with E-state index in [4.69, 9.17) is 0 Å². The zero-order valence-electron chi connectivity index (χ0n) is 11.3. The molecule has 0 bridgehead atoms. The quantitative estimate of drug-likeness (QED) is 0.691. The van der Waals surface area contributed by atoms with Crippen molar-refractivity contribution in [2.24, 2.45) is 0 Å². The molecule has 0 aliphatic carbocycles. The Balaban J connectivity index is 2.07. The van der Waals surface area contributed by atoms with Crippen LogP contribution in [0.2, 0.25) is 0 Å². The van der Waals surface area contributed by atoms with Gasteiger partial charge in [-0.2, -0.15) is 0 Å². The van der Waals surface area contributed by atoms with Crippen LogP contribution in [-0.4, -0.2) is 52.2 Å². The van der Waals surface area contributed by atoms with Crippen molar-refractivity contribution in [1.82, 2.24) is 10.2 Å². The van der Waals surface area contributed by atoms with E-state index in [1.54, 1.807) is 0 Å². The van der Waals surface area contributed by atoms with Gasteiger partial charge in [0.2, 0.25) is 0 Å². The number of hydrogen-bond acceptors (Lipinski definition) is 3. The molecule has 0 saturated carbocycles. The molecular formula is C14H25N3. The van der Waals surface area contributed by atoms with Crippen molar-refractivity contribution in [3.63, 3.8) is 0 Å². The zero-order chi connectivity index (χ0) is 12.5. The Morgan fingerprint density at radius 3 is 2.29 bits per heavy atom. The maximum Gasteiger partial charge on any atom is 0.0363 e. The van der Waals surface area contributed by atoms with Crippen LogP contribution in [0.4, 0.5) is 5.69 Å². The summed E-state index contributed by atoms with van der Waals surface area (Å²) in [6.07, 6.45) is 1.18. The minimum absolute atomic E-state index is 1.07. The summed E-state index contributed by atoms with van der Waals surface area (Å²) < 4.78 is 0. The topological polar surface area (TPSA) is 18.5 Å². The number of rotatable bonds is 8. The van der Waals surface area contributed by atoms with E-state index in [1.165, 1.54) is 12.1 Å². The minimum Gasteiger partial charge on any atom is -0.375 e. The average molecular weight is 235 g/mol. The third-order valence-electron chi connectivity index (χ3n) is 2.78. The molecule has 1 aromatic carbocycles. The Morgan fingerprint density at radius 2 is 1.65 bits per heavy atom. The van der Waals surface area contributed by atoms with Crippen molar-refractivity contribution >= 4 is 5.69 Å². The zero-order valence-corrected chi connectivity index (χ0v) is 11.3. The summed E-state index contributed by atoms with van der Waals surface area (Å²) in [6, 6.07) is 10.5. The van der Waals surface area contributed by atoms with Gasteiger partial charge in [0.05, 0.1) is 0 Å². The van der Waals surface area contributed by atoms with E-state index in [0.29, 0.717) is 0 Å². The van der Waals surface area contributed by atoms with Crippen molar-refractivity contribution in [2.75, 3.05) is 52.2 Å². The van der Waals surface area contributed by atoms with E-state index in [2.05, 4.69) is 66.6 Å². The Hall–Kier alpha value is -1.06. The van der Waals surface area contributed by atoms with Crippen LogP contribution >= 0.6 is 0 Å². The second kappa shape index (κ2) is 8.09. The number of nitrogens with zero attached hydrogens (tertiary/aromatic N) is 2. The molecule has 17 heavy (non-hydrogen) atoms. The second-order valence-electron chi connectivity index (χ2n) is 4.66. The van der Waals surface area contributed by atoms with E-state index >= 15 is 0 Å². The predicted octanol–water partition coefficient (Wildman–Crippen LogP) is 1.66. The lowest BCUT2D eigenvalue weighted by Crippen LogP contribution is -2.29. The Kier molecular flexibility index (Phi) is 6.67. The number of anilines is 1. The first kappa shape index (κ1) is 14.0. The lowest BCUT2D eigenvalue weighted by Gasteiger charge is -2.19. The van der Waals surface area contributed by atoms with Crippen LogP contribution in [0.3, 0.4) is 0 Å². The fraction of sp³-hybridized carbons (Fsp3) is 0.571. The summed E-state index contributed by atoms with van der Waals surface area (Å²) in [5, 5.41) is 3.46. The predicted molar refractivity (Wildman–Crippen MR) is 75.8 cm³/mol. The molecular weight excluding hydrogens is 210 g/mol. The van der Waals surface area contributed by atoms with Crippen LogP contribution in [0.5, 0.6) is 0 Å². The van der Waals surface area contributed by atoms with Crippen LogP contribution in [0.1, 0.15) is 6.42 Å². The first-order valence-electron chi connectivity index (χ1n) is 6.32. The van der Waals surface area contributed by atoms with Crippen LogP contribution in [-0.2, 0) is 0 Å². The lowest BCUT2D eigenvalue weighted by molar-refractivity contribution is 0.400. The summed E-state index contributed by atoms with van der Waals surface area (Å²) >= 11 is 0. The van der Waals surface area contributed by atoms with Crippen molar-refractivity contribution in [3.05, 3.63) is 30.3 Å². The smallest absolute Gasteiger partial charge is 0.0363 e. The fourth-order valence-electron chi connectivity index (χ4n) is 1.68. The van der Waals surface area contributed by atoms with E-state index in [1.807, 2.05) is 0 Å². The van der Waals surface area contributed by atoms with Gasteiger partial charge in [-0.15, -0.1) is 0 Å². The van der Waals surface area contributed by atoms with Gasteiger partial charge < -0.3 is 15.1 Å². The average Bonchev–Trinajstić information content (AvgIpc) is 2.34. The van der Waals surface area contributed by atoms with Gasteiger partial charge in [-0.3, -0.25) is 0 Å². The maximum atomic E-state index is 3.46. The maximum absolute atomic E-state index is 3.46. The summed E-state index contributed by atoms with van der Waals surface area (Å²) in [5.74, 6) is 0. The minimum atomic E-state index is 1.07. The number of hydrogen-bond donors (Lipinski definition) is 1. The monoisotopic (exact) mass is 235 g/mol. The van der Waals surface area contributed by atoms with Crippen molar-refractivity contribution < 1.29 is 0 Å². The Morgan fingerprint density at radius 1 is 0.941 bits per heavy atom. The van der Waals surface area contributed by atoms with Crippen LogP contribution in [0.15, 0.2) is 30.3 Å². The SMILES string of the molecule is CN(C)CCNCCCN(C)c1ccccc1. The van der Waals surface area contributed by atoms with Gasteiger partial charge >= 0.3 is 0 Å². The highest BCUT2D eigenvalue weighted by atomic mass is 15.1. The number of likely N-dealkylation sites (N-methyl/N-ethyl adjacent to an activating group) is 1. The summed E-state index contributed by atoms with van der Waals surface area (Å²) in [7, 11) is 6.35. The molecule has 0 radical (unpaired) electrons. The molecule has 0 unspecified atom stereocenters. The molecule has 0 amide bonds. The van der Waals surface area contributed by atoms with Gasteiger partial charge in [-0.05, 0) is 39.2 Å². The molecule has 0 atom stereocenters. The van der Waals surface area contributed by atoms with E-state index in [0.717, 1.165) is 26.2 Å².